The van der Waals surface area contributed by atoms with Gasteiger partial charge in [0.2, 0.25) is 0 Å². The molecule has 0 N–H and O–H groups in total. The summed E-state index contributed by atoms with van der Waals surface area (Å²) in [6.45, 7) is 0. The van der Waals surface area contributed by atoms with E-state index in [2.05, 4.69) is 145 Å². The van der Waals surface area contributed by atoms with Crippen molar-refractivity contribution >= 4 is 43.1 Å². The van der Waals surface area contributed by atoms with Gasteiger partial charge in [-0.05, 0) is 89.3 Å². The normalized spacial score (nSPS) is 11.5. The van der Waals surface area contributed by atoms with Gasteiger partial charge < -0.3 is 0 Å². The van der Waals surface area contributed by atoms with Crippen LogP contribution < -0.4 is 0 Å². The SMILES string of the molecule is c1cc(-c2cccc3ccccc23)cc(-c2c3ccccc3c(-c3ccc4ccccc4c3)c3ccncc23)c1. The molecule has 0 aliphatic heterocycles. The van der Waals surface area contributed by atoms with Crippen LogP contribution in [-0.2, 0) is 0 Å². The molecule has 0 aliphatic carbocycles. The molecule has 1 heterocycles. The third kappa shape index (κ3) is 3.60. The molecule has 186 valence electrons. The van der Waals surface area contributed by atoms with Crippen molar-refractivity contribution in [2.75, 3.05) is 0 Å². The van der Waals surface area contributed by atoms with Gasteiger partial charge in [-0.2, -0.15) is 0 Å². The molecule has 0 aliphatic rings. The average molecular weight is 508 g/mol. The first-order chi connectivity index (χ1) is 19.8. The maximum absolute atomic E-state index is 4.61. The van der Waals surface area contributed by atoms with Crippen LogP contribution in [-0.4, -0.2) is 4.98 Å². The highest BCUT2D eigenvalue weighted by atomic mass is 14.6. The summed E-state index contributed by atoms with van der Waals surface area (Å²) in [7, 11) is 0. The highest BCUT2D eigenvalue weighted by Crippen LogP contribution is 2.44. The van der Waals surface area contributed by atoms with E-state index in [-0.39, 0.29) is 0 Å². The topological polar surface area (TPSA) is 12.9 Å². The number of nitrogens with zero attached hydrogens (tertiary/aromatic N) is 1. The number of benzene rings is 7. The van der Waals surface area contributed by atoms with Crippen LogP contribution in [0, 0.1) is 0 Å². The summed E-state index contributed by atoms with van der Waals surface area (Å²) in [6, 6.07) is 50.5. The van der Waals surface area contributed by atoms with Crippen LogP contribution in [0.4, 0.5) is 0 Å². The molecule has 1 aromatic heterocycles. The first-order valence-electron chi connectivity index (χ1n) is 13.7. The Kier molecular flexibility index (Phi) is 5.21. The minimum Gasteiger partial charge on any atom is -0.264 e. The van der Waals surface area contributed by atoms with E-state index in [1.54, 1.807) is 0 Å². The highest BCUT2D eigenvalue weighted by molar-refractivity contribution is 6.21. The van der Waals surface area contributed by atoms with Crippen molar-refractivity contribution in [1.29, 1.82) is 0 Å². The maximum Gasteiger partial charge on any atom is 0.0353 e. The molecular formula is C39H25N. The number of aromatic nitrogens is 1. The Labute approximate surface area is 233 Å². The van der Waals surface area contributed by atoms with Gasteiger partial charge in [0.15, 0.2) is 0 Å². The van der Waals surface area contributed by atoms with Gasteiger partial charge in [0, 0.05) is 17.8 Å². The fourth-order valence-electron chi connectivity index (χ4n) is 6.31. The summed E-state index contributed by atoms with van der Waals surface area (Å²) < 4.78 is 0. The Balaban J connectivity index is 1.42. The van der Waals surface area contributed by atoms with Crippen molar-refractivity contribution in [3.05, 3.63) is 152 Å². The lowest BCUT2D eigenvalue weighted by Crippen LogP contribution is -1.92. The summed E-state index contributed by atoms with van der Waals surface area (Å²) in [5.41, 5.74) is 7.37. The Hall–Kier alpha value is -5.27. The molecule has 8 aromatic rings. The van der Waals surface area contributed by atoms with E-state index in [1.807, 2.05) is 12.4 Å². The van der Waals surface area contributed by atoms with Crippen molar-refractivity contribution in [2.24, 2.45) is 0 Å². The van der Waals surface area contributed by atoms with E-state index in [4.69, 9.17) is 0 Å². The number of hydrogen-bond acceptors (Lipinski definition) is 1. The zero-order valence-corrected chi connectivity index (χ0v) is 21.9. The summed E-state index contributed by atoms with van der Waals surface area (Å²) >= 11 is 0. The lowest BCUT2D eigenvalue weighted by molar-refractivity contribution is 1.37. The molecule has 0 unspecified atom stereocenters. The maximum atomic E-state index is 4.61. The molecule has 0 atom stereocenters. The quantitative estimate of drug-likeness (QED) is 0.217. The van der Waals surface area contributed by atoms with E-state index in [9.17, 15) is 0 Å². The van der Waals surface area contributed by atoms with E-state index in [1.165, 1.54) is 76.5 Å². The smallest absolute Gasteiger partial charge is 0.0353 e. The molecular weight excluding hydrogens is 482 g/mol. The predicted octanol–water partition coefficient (Wildman–Crippen LogP) is 10.7. The van der Waals surface area contributed by atoms with Crippen LogP contribution in [0.25, 0.3) is 76.5 Å². The van der Waals surface area contributed by atoms with Crippen molar-refractivity contribution in [1.82, 2.24) is 4.98 Å². The second-order valence-corrected chi connectivity index (χ2v) is 10.4. The minimum atomic E-state index is 1.17. The van der Waals surface area contributed by atoms with Crippen LogP contribution in [0.5, 0.6) is 0 Å². The summed E-state index contributed by atoms with van der Waals surface area (Å²) in [5.74, 6) is 0. The van der Waals surface area contributed by atoms with Crippen LogP contribution in [0.15, 0.2) is 152 Å². The number of fused-ring (bicyclic) bond motifs is 4. The molecule has 0 bridgehead atoms. The summed E-state index contributed by atoms with van der Waals surface area (Å²) in [6.07, 6.45) is 3.95. The number of rotatable bonds is 3. The van der Waals surface area contributed by atoms with Gasteiger partial charge in [-0.3, -0.25) is 4.98 Å². The second kappa shape index (κ2) is 9.18. The fraction of sp³-hybridized carbons (Fsp3) is 0. The average Bonchev–Trinajstić information content (AvgIpc) is 3.03. The summed E-state index contributed by atoms with van der Waals surface area (Å²) in [5, 5.41) is 9.90. The first kappa shape index (κ1) is 22.7. The zero-order valence-electron chi connectivity index (χ0n) is 21.9. The van der Waals surface area contributed by atoms with Crippen LogP contribution in [0.2, 0.25) is 0 Å². The molecule has 40 heavy (non-hydrogen) atoms. The summed E-state index contributed by atoms with van der Waals surface area (Å²) in [4.78, 5) is 4.61. The number of pyridine rings is 1. The van der Waals surface area contributed by atoms with Gasteiger partial charge in [-0.15, -0.1) is 0 Å². The molecule has 0 saturated heterocycles. The molecule has 7 aromatic carbocycles. The lowest BCUT2D eigenvalue weighted by atomic mass is 9.85. The standard InChI is InChI=1S/C39H25N/c1-2-11-28-23-31(20-19-26(28)9-1)38-34-16-5-6-17-35(34)39(37-25-40-22-21-36(37)38)30-14-7-13-29(24-30)33-18-8-12-27-10-3-4-15-32(27)33/h1-25H. The predicted molar refractivity (Wildman–Crippen MR) is 171 cm³/mol. The third-order valence-electron chi connectivity index (χ3n) is 8.12. The van der Waals surface area contributed by atoms with Crippen molar-refractivity contribution in [3.63, 3.8) is 0 Å². The third-order valence-corrected chi connectivity index (χ3v) is 8.12. The molecule has 0 fully saturated rings. The molecule has 0 spiro atoms. The van der Waals surface area contributed by atoms with Gasteiger partial charge in [-0.1, -0.05) is 121 Å². The largest absolute Gasteiger partial charge is 0.264 e. The van der Waals surface area contributed by atoms with E-state index in [0.717, 1.165) is 0 Å². The van der Waals surface area contributed by atoms with E-state index >= 15 is 0 Å². The Morgan fingerprint density at radius 2 is 0.950 bits per heavy atom. The van der Waals surface area contributed by atoms with E-state index < -0.39 is 0 Å². The minimum absolute atomic E-state index is 1.17. The monoisotopic (exact) mass is 507 g/mol. The van der Waals surface area contributed by atoms with Crippen molar-refractivity contribution in [3.8, 4) is 33.4 Å². The number of hydrogen-bond donors (Lipinski definition) is 0. The molecule has 1 nitrogen and oxygen atoms in total. The molecule has 0 radical (unpaired) electrons. The van der Waals surface area contributed by atoms with Gasteiger partial charge in [0.25, 0.3) is 0 Å². The Bertz CT molecular complexity index is 2160. The van der Waals surface area contributed by atoms with E-state index in [0.29, 0.717) is 0 Å². The molecule has 1 heteroatoms. The highest BCUT2D eigenvalue weighted by Gasteiger charge is 2.17. The Morgan fingerprint density at radius 1 is 0.350 bits per heavy atom. The van der Waals surface area contributed by atoms with Gasteiger partial charge in [0.05, 0.1) is 0 Å². The first-order valence-corrected chi connectivity index (χ1v) is 13.7. The van der Waals surface area contributed by atoms with Gasteiger partial charge >= 0.3 is 0 Å². The van der Waals surface area contributed by atoms with Crippen molar-refractivity contribution < 1.29 is 0 Å². The molecule has 0 saturated carbocycles. The van der Waals surface area contributed by atoms with Crippen molar-refractivity contribution in [2.45, 2.75) is 0 Å². The Morgan fingerprint density at radius 3 is 1.80 bits per heavy atom. The second-order valence-electron chi connectivity index (χ2n) is 10.4. The van der Waals surface area contributed by atoms with Gasteiger partial charge in [0.1, 0.15) is 0 Å². The lowest BCUT2D eigenvalue weighted by Gasteiger charge is -2.18. The fourth-order valence-corrected chi connectivity index (χ4v) is 6.31. The van der Waals surface area contributed by atoms with Gasteiger partial charge in [-0.25, -0.2) is 0 Å². The molecule has 0 amide bonds. The van der Waals surface area contributed by atoms with Crippen LogP contribution >= 0.6 is 0 Å². The zero-order chi connectivity index (χ0) is 26.5. The van der Waals surface area contributed by atoms with Crippen LogP contribution in [0.1, 0.15) is 0 Å². The van der Waals surface area contributed by atoms with Crippen LogP contribution in [0.3, 0.4) is 0 Å². The molecule has 8 rings (SSSR count).